The maximum absolute atomic E-state index is 5.55. The molecule has 1 unspecified atom stereocenters. The normalized spacial score (nSPS) is 13.4. The fraction of sp³-hybridized carbons (Fsp3) is 1.00. The van der Waals surface area contributed by atoms with E-state index < -0.39 is 0 Å². The minimum atomic E-state index is 0.676. The summed E-state index contributed by atoms with van der Waals surface area (Å²) >= 11 is 5.55. The van der Waals surface area contributed by atoms with Crippen molar-refractivity contribution in [2.45, 2.75) is 45.6 Å². The molecule has 0 aromatic carbocycles. The highest BCUT2D eigenvalue weighted by Gasteiger charge is 1.96. The van der Waals surface area contributed by atoms with Crippen LogP contribution < -0.4 is 5.32 Å². The monoisotopic (exact) mass is 177 g/mol. The molecule has 0 rings (SSSR count). The average Bonchev–Trinajstić information content (AvgIpc) is 1.99. The number of unbranched alkanes of at least 4 members (excludes halogenated alkanes) is 1. The smallest absolute Gasteiger partial charge is 0.0223 e. The quantitative estimate of drug-likeness (QED) is 0.466. The first-order valence-corrected chi connectivity index (χ1v) is 5.14. The second kappa shape index (κ2) is 8.35. The van der Waals surface area contributed by atoms with Gasteiger partial charge in [0.2, 0.25) is 0 Å². The molecular weight excluding hydrogens is 158 g/mol. The summed E-state index contributed by atoms with van der Waals surface area (Å²) in [6, 6.07) is 0.676. The van der Waals surface area contributed by atoms with Crippen LogP contribution in [0.2, 0.25) is 0 Å². The summed E-state index contributed by atoms with van der Waals surface area (Å²) in [4.78, 5) is 0. The molecular formula is C9H20ClN. The zero-order valence-electron chi connectivity index (χ0n) is 7.70. The van der Waals surface area contributed by atoms with Crippen LogP contribution in [0.4, 0.5) is 0 Å². The molecule has 68 valence electrons. The second-order valence-electron chi connectivity index (χ2n) is 3.04. The van der Waals surface area contributed by atoms with E-state index in [1.54, 1.807) is 0 Å². The lowest BCUT2D eigenvalue weighted by Crippen LogP contribution is -2.26. The Morgan fingerprint density at radius 3 is 2.64 bits per heavy atom. The summed E-state index contributed by atoms with van der Waals surface area (Å²) < 4.78 is 0. The van der Waals surface area contributed by atoms with Crippen LogP contribution in [0.3, 0.4) is 0 Å². The molecule has 0 radical (unpaired) electrons. The average molecular weight is 178 g/mol. The van der Waals surface area contributed by atoms with Gasteiger partial charge in [-0.25, -0.2) is 0 Å². The molecule has 0 fully saturated rings. The van der Waals surface area contributed by atoms with Crippen molar-refractivity contribution in [2.24, 2.45) is 0 Å². The van der Waals surface area contributed by atoms with Crippen molar-refractivity contribution < 1.29 is 0 Å². The molecule has 0 saturated heterocycles. The molecule has 0 amide bonds. The molecule has 2 heteroatoms. The third-order valence-electron chi connectivity index (χ3n) is 1.77. The zero-order valence-corrected chi connectivity index (χ0v) is 8.45. The van der Waals surface area contributed by atoms with E-state index in [9.17, 15) is 0 Å². The number of nitrogens with one attached hydrogen (secondary N) is 1. The van der Waals surface area contributed by atoms with E-state index in [0.29, 0.717) is 6.04 Å². The van der Waals surface area contributed by atoms with Crippen molar-refractivity contribution in [3.63, 3.8) is 0 Å². The SMILES string of the molecule is CCCC(C)NCCCCCl. The van der Waals surface area contributed by atoms with Crippen LogP contribution in [0, 0.1) is 0 Å². The van der Waals surface area contributed by atoms with Crippen molar-refractivity contribution in [1.82, 2.24) is 5.32 Å². The Kier molecular flexibility index (Phi) is 8.54. The van der Waals surface area contributed by atoms with Crippen LogP contribution in [0.25, 0.3) is 0 Å². The lowest BCUT2D eigenvalue weighted by Gasteiger charge is -2.11. The van der Waals surface area contributed by atoms with Gasteiger partial charge >= 0.3 is 0 Å². The van der Waals surface area contributed by atoms with E-state index >= 15 is 0 Å². The molecule has 0 spiro atoms. The highest BCUT2D eigenvalue weighted by molar-refractivity contribution is 6.17. The largest absolute Gasteiger partial charge is 0.314 e. The first-order valence-electron chi connectivity index (χ1n) is 4.60. The van der Waals surface area contributed by atoms with Gasteiger partial charge in [-0.2, -0.15) is 0 Å². The van der Waals surface area contributed by atoms with E-state index in [2.05, 4.69) is 19.2 Å². The van der Waals surface area contributed by atoms with Crippen LogP contribution in [-0.2, 0) is 0 Å². The zero-order chi connectivity index (χ0) is 8.53. The van der Waals surface area contributed by atoms with Crippen molar-refractivity contribution in [1.29, 1.82) is 0 Å². The third-order valence-corrected chi connectivity index (χ3v) is 2.04. The summed E-state index contributed by atoms with van der Waals surface area (Å²) in [5.41, 5.74) is 0. The molecule has 0 aliphatic rings. The van der Waals surface area contributed by atoms with Gasteiger partial charge in [-0.3, -0.25) is 0 Å². The maximum Gasteiger partial charge on any atom is 0.0223 e. The lowest BCUT2D eigenvalue weighted by atomic mass is 10.2. The number of hydrogen-bond donors (Lipinski definition) is 1. The fourth-order valence-corrected chi connectivity index (χ4v) is 1.29. The van der Waals surface area contributed by atoms with Gasteiger partial charge in [0.1, 0.15) is 0 Å². The van der Waals surface area contributed by atoms with E-state index in [-0.39, 0.29) is 0 Å². The van der Waals surface area contributed by atoms with E-state index in [1.165, 1.54) is 19.3 Å². The van der Waals surface area contributed by atoms with Gasteiger partial charge in [0, 0.05) is 11.9 Å². The highest BCUT2D eigenvalue weighted by Crippen LogP contribution is 1.96. The summed E-state index contributed by atoms with van der Waals surface area (Å²) in [6.07, 6.45) is 4.88. The van der Waals surface area contributed by atoms with Crippen LogP contribution in [0.15, 0.2) is 0 Å². The minimum absolute atomic E-state index is 0.676. The number of hydrogen-bond acceptors (Lipinski definition) is 1. The standard InChI is InChI=1S/C9H20ClN/c1-3-6-9(2)11-8-5-4-7-10/h9,11H,3-8H2,1-2H3. The summed E-state index contributed by atoms with van der Waals surface area (Å²) in [7, 11) is 0. The molecule has 0 aromatic rings. The Labute approximate surface area is 75.5 Å². The molecule has 0 aliphatic heterocycles. The minimum Gasteiger partial charge on any atom is -0.314 e. The molecule has 11 heavy (non-hydrogen) atoms. The highest BCUT2D eigenvalue weighted by atomic mass is 35.5. The summed E-state index contributed by atoms with van der Waals surface area (Å²) in [6.45, 7) is 5.58. The van der Waals surface area contributed by atoms with Crippen molar-refractivity contribution >= 4 is 11.6 Å². The van der Waals surface area contributed by atoms with Crippen molar-refractivity contribution in [3.8, 4) is 0 Å². The predicted octanol–water partition coefficient (Wildman–Crippen LogP) is 2.78. The Hall–Kier alpha value is 0.250. The number of rotatable bonds is 7. The Morgan fingerprint density at radius 2 is 2.09 bits per heavy atom. The lowest BCUT2D eigenvalue weighted by molar-refractivity contribution is 0.500. The van der Waals surface area contributed by atoms with Gasteiger partial charge in [0.15, 0.2) is 0 Å². The third kappa shape index (κ3) is 8.15. The first kappa shape index (κ1) is 11.2. The molecule has 0 aromatic heterocycles. The van der Waals surface area contributed by atoms with E-state index in [4.69, 9.17) is 11.6 Å². The Morgan fingerprint density at radius 1 is 1.36 bits per heavy atom. The van der Waals surface area contributed by atoms with Gasteiger partial charge in [-0.1, -0.05) is 13.3 Å². The molecule has 1 nitrogen and oxygen atoms in total. The second-order valence-corrected chi connectivity index (χ2v) is 3.42. The van der Waals surface area contributed by atoms with Crippen LogP contribution >= 0.6 is 11.6 Å². The maximum atomic E-state index is 5.55. The molecule has 1 atom stereocenters. The van der Waals surface area contributed by atoms with Crippen molar-refractivity contribution in [2.75, 3.05) is 12.4 Å². The Bertz CT molecular complexity index is 76.0. The molecule has 0 bridgehead atoms. The van der Waals surface area contributed by atoms with Crippen LogP contribution in [0.1, 0.15) is 39.5 Å². The van der Waals surface area contributed by atoms with E-state index in [1.807, 2.05) is 0 Å². The van der Waals surface area contributed by atoms with Crippen molar-refractivity contribution in [3.05, 3.63) is 0 Å². The molecule has 0 saturated carbocycles. The topological polar surface area (TPSA) is 12.0 Å². The van der Waals surface area contributed by atoms with Gasteiger partial charge in [0.05, 0.1) is 0 Å². The number of halogens is 1. The van der Waals surface area contributed by atoms with Gasteiger partial charge in [-0.15, -0.1) is 11.6 Å². The van der Waals surface area contributed by atoms with Crippen LogP contribution in [0.5, 0.6) is 0 Å². The first-order chi connectivity index (χ1) is 5.31. The molecule has 0 aliphatic carbocycles. The van der Waals surface area contributed by atoms with Crippen LogP contribution in [-0.4, -0.2) is 18.5 Å². The number of alkyl halides is 1. The summed E-state index contributed by atoms with van der Waals surface area (Å²) in [5.74, 6) is 0.795. The predicted molar refractivity (Wildman–Crippen MR) is 52.3 cm³/mol. The van der Waals surface area contributed by atoms with Gasteiger partial charge < -0.3 is 5.32 Å². The summed E-state index contributed by atoms with van der Waals surface area (Å²) in [5, 5.41) is 3.46. The fourth-order valence-electron chi connectivity index (χ4n) is 1.10. The Balaban J connectivity index is 2.97. The van der Waals surface area contributed by atoms with E-state index in [0.717, 1.165) is 18.8 Å². The van der Waals surface area contributed by atoms with Gasteiger partial charge in [0.25, 0.3) is 0 Å². The van der Waals surface area contributed by atoms with Gasteiger partial charge in [-0.05, 0) is 32.7 Å². The molecule has 0 heterocycles. The molecule has 1 N–H and O–H groups in total.